The predicted octanol–water partition coefficient (Wildman–Crippen LogP) is 1.61. The van der Waals surface area contributed by atoms with Gasteiger partial charge in [0, 0.05) is 6.42 Å². The van der Waals surface area contributed by atoms with Crippen molar-refractivity contribution in [2.75, 3.05) is 0 Å². The van der Waals surface area contributed by atoms with Crippen molar-refractivity contribution in [3.05, 3.63) is 34.4 Å². The molecule has 0 amide bonds. The molecule has 0 saturated carbocycles. The van der Waals surface area contributed by atoms with Crippen molar-refractivity contribution in [1.29, 1.82) is 0 Å². The highest BCUT2D eigenvalue weighted by molar-refractivity contribution is 6.30. The standard InChI is InChI=1S/C9H7ClF2O3/c10-7-5(11)2-1-4(8(7)12)3-6(13)9(14)15/h1-2,6,13H,3H2,(H,14,15). The lowest BCUT2D eigenvalue weighted by Crippen LogP contribution is -2.22. The first kappa shape index (κ1) is 11.9. The smallest absolute Gasteiger partial charge is 0.332 e. The fourth-order valence-electron chi connectivity index (χ4n) is 1.02. The van der Waals surface area contributed by atoms with E-state index in [2.05, 4.69) is 0 Å². The van der Waals surface area contributed by atoms with Crippen LogP contribution in [0.1, 0.15) is 5.56 Å². The molecule has 2 N–H and O–H groups in total. The largest absolute Gasteiger partial charge is 0.479 e. The molecule has 0 aromatic heterocycles. The summed E-state index contributed by atoms with van der Waals surface area (Å²) >= 11 is 5.27. The molecule has 1 aromatic carbocycles. The second-order valence-corrected chi connectivity index (χ2v) is 3.27. The molecule has 0 heterocycles. The van der Waals surface area contributed by atoms with Gasteiger partial charge in [0.1, 0.15) is 16.7 Å². The normalized spacial score (nSPS) is 12.5. The molecule has 0 bridgehead atoms. The van der Waals surface area contributed by atoms with Crippen molar-refractivity contribution in [1.82, 2.24) is 0 Å². The monoisotopic (exact) mass is 236 g/mol. The van der Waals surface area contributed by atoms with Gasteiger partial charge in [-0.1, -0.05) is 17.7 Å². The van der Waals surface area contributed by atoms with E-state index in [0.29, 0.717) is 0 Å². The van der Waals surface area contributed by atoms with Gasteiger partial charge in [-0.05, 0) is 11.6 Å². The number of aliphatic hydroxyl groups is 1. The molecular weight excluding hydrogens is 230 g/mol. The molecule has 1 atom stereocenters. The number of carboxylic acids is 1. The number of halogens is 3. The second-order valence-electron chi connectivity index (χ2n) is 2.89. The van der Waals surface area contributed by atoms with E-state index in [9.17, 15) is 13.6 Å². The molecule has 0 radical (unpaired) electrons. The minimum Gasteiger partial charge on any atom is -0.479 e. The molecule has 0 saturated heterocycles. The van der Waals surface area contributed by atoms with E-state index in [4.69, 9.17) is 21.8 Å². The molecule has 82 valence electrons. The van der Waals surface area contributed by atoms with Crippen molar-refractivity contribution < 1.29 is 23.8 Å². The maximum Gasteiger partial charge on any atom is 0.332 e. The van der Waals surface area contributed by atoms with Crippen molar-refractivity contribution in [3.63, 3.8) is 0 Å². The van der Waals surface area contributed by atoms with Gasteiger partial charge in [0.25, 0.3) is 0 Å². The van der Waals surface area contributed by atoms with Gasteiger partial charge in [-0.25, -0.2) is 13.6 Å². The number of aliphatic hydroxyl groups excluding tert-OH is 1. The van der Waals surface area contributed by atoms with E-state index in [1.165, 1.54) is 0 Å². The maximum atomic E-state index is 13.2. The molecule has 6 heteroatoms. The van der Waals surface area contributed by atoms with Gasteiger partial charge < -0.3 is 10.2 Å². The van der Waals surface area contributed by atoms with Crippen molar-refractivity contribution in [2.24, 2.45) is 0 Å². The number of rotatable bonds is 3. The summed E-state index contributed by atoms with van der Waals surface area (Å²) in [6.45, 7) is 0. The first-order valence-corrected chi connectivity index (χ1v) is 4.34. The minimum atomic E-state index is -1.74. The Hall–Kier alpha value is -1.20. The van der Waals surface area contributed by atoms with Crippen LogP contribution >= 0.6 is 11.6 Å². The first-order chi connectivity index (χ1) is 6.93. The summed E-state index contributed by atoms with van der Waals surface area (Å²) in [6, 6.07) is 1.96. The molecule has 1 aromatic rings. The SMILES string of the molecule is O=C(O)C(O)Cc1ccc(F)c(Cl)c1F. The molecular formula is C9H7ClF2O3. The first-order valence-electron chi connectivity index (χ1n) is 3.96. The summed E-state index contributed by atoms with van der Waals surface area (Å²) in [5, 5.41) is 16.6. The average Bonchev–Trinajstić information content (AvgIpc) is 2.18. The Morgan fingerprint density at radius 1 is 1.47 bits per heavy atom. The van der Waals surface area contributed by atoms with Crippen LogP contribution < -0.4 is 0 Å². The summed E-state index contributed by atoms with van der Waals surface area (Å²) < 4.78 is 25.9. The molecule has 0 fully saturated rings. The maximum absolute atomic E-state index is 13.2. The summed E-state index contributed by atoms with van der Waals surface area (Å²) in [5.41, 5.74) is -0.142. The summed E-state index contributed by atoms with van der Waals surface area (Å²) in [6.07, 6.45) is -2.19. The quantitative estimate of drug-likeness (QED) is 0.784. The Labute approximate surface area is 88.9 Å². The molecule has 15 heavy (non-hydrogen) atoms. The number of hydrogen-bond donors (Lipinski definition) is 2. The lowest BCUT2D eigenvalue weighted by Gasteiger charge is -2.07. The van der Waals surface area contributed by atoms with Gasteiger partial charge in [-0.3, -0.25) is 0 Å². The zero-order valence-corrected chi connectivity index (χ0v) is 8.13. The predicted molar refractivity (Wildman–Crippen MR) is 48.7 cm³/mol. The molecule has 3 nitrogen and oxygen atoms in total. The summed E-state index contributed by atoms with van der Waals surface area (Å²) in [4.78, 5) is 10.3. The average molecular weight is 237 g/mol. The summed E-state index contributed by atoms with van der Waals surface area (Å²) in [7, 11) is 0. The van der Waals surface area contributed by atoms with Gasteiger partial charge in [-0.15, -0.1) is 0 Å². The lowest BCUT2D eigenvalue weighted by atomic mass is 10.1. The molecule has 1 rings (SSSR count). The van der Waals surface area contributed by atoms with Crippen LogP contribution in [-0.2, 0) is 11.2 Å². The van der Waals surface area contributed by atoms with Crippen LogP contribution in [0.5, 0.6) is 0 Å². The summed E-state index contributed by atoms with van der Waals surface area (Å²) in [5.74, 6) is -3.45. The van der Waals surface area contributed by atoms with Crippen LogP contribution in [0.25, 0.3) is 0 Å². The second kappa shape index (κ2) is 4.55. The molecule has 0 spiro atoms. The van der Waals surface area contributed by atoms with Gasteiger partial charge >= 0.3 is 5.97 Å². The van der Waals surface area contributed by atoms with E-state index in [1.54, 1.807) is 0 Å². The van der Waals surface area contributed by atoms with E-state index < -0.39 is 35.2 Å². The minimum absolute atomic E-state index is 0.142. The lowest BCUT2D eigenvalue weighted by molar-refractivity contribution is -0.146. The topological polar surface area (TPSA) is 57.5 Å². The highest BCUT2D eigenvalue weighted by atomic mass is 35.5. The number of carbonyl (C=O) groups is 1. The van der Waals surface area contributed by atoms with Gasteiger partial charge in [0.15, 0.2) is 6.10 Å². The Bertz CT molecular complexity index is 395. The van der Waals surface area contributed by atoms with Gasteiger partial charge in [0.05, 0.1) is 0 Å². The molecule has 0 aliphatic heterocycles. The number of hydrogen-bond acceptors (Lipinski definition) is 2. The third-order valence-corrected chi connectivity index (χ3v) is 2.16. The fraction of sp³-hybridized carbons (Fsp3) is 0.222. The third kappa shape index (κ3) is 2.64. The zero-order chi connectivity index (χ0) is 11.6. The highest BCUT2D eigenvalue weighted by Gasteiger charge is 2.18. The van der Waals surface area contributed by atoms with Crippen LogP contribution in [0, 0.1) is 11.6 Å². The molecule has 0 aliphatic carbocycles. The van der Waals surface area contributed by atoms with Crippen molar-refractivity contribution in [3.8, 4) is 0 Å². The van der Waals surface area contributed by atoms with Crippen molar-refractivity contribution >= 4 is 17.6 Å². The van der Waals surface area contributed by atoms with Crippen LogP contribution in [-0.4, -0.2) is 22.3 Å². The Morgan fingerprint density at radius 3 is 2.60 bits per heavy atom. The van der Waals surface area contributed by atoms with E-state index in [-0.39, 0.29) is 5.56 Å². The Morgan fingerprint density at radius 2 is 2.07 bits per heavy atom. The highest BCUT2D eigenvalue weighted by Crippen LogP contribution is 2.22. The van der Waals surface area contributed by atoms with Crippen molar-refractivity contribution in [2.45, 2.75) is 12.5 Å². The third-order valence-electron chi connectivity index (χ3n) is 1.81. The Balaban J connectivity index is 2.97. The molecule has 1 unspecified atom stereocenters. The van der Waals surface area contributed by atoms with Crippen LogP contribution in [0.4, 0.5) is 8.78 Å². The number of aliphatic carboxylic acids is 1. The number of carboxylic acid groups (broad SMARTS) is 1. The number of benzene rings is 1. The van der Waals surface area contributed by atoms with Crippen LogP contribution in [0.2, 0.25) is 5.02 Å². The van der Waals surface area contributed by atoms with Gasteiger partial charge in [0.2, 0.25) is 0 Å². The van der Waals surface area contributed by atoms with E-state index >= 15 is 0 Å². The van der Waals surface area contributed by atoms with Gasteiger partial charge in [-0.2, -0.15) is 0 Å². The van der Waals surface area contributed by atoms with E-state index in [0.717, 1.165) is 12.1 Å². The van der Waals surface area contributed by atoms with E-state index in [1.807, 2.05) is 0 Å². The Kier molecular flexibility index (Phi) is 3.60. The fourth-order valence-corrected chi connectivity index (χ4v) is 1.20. The van der Waals surface area contributed by atoms with Crippen LogP contribution in [0.15, 0.2) is 12.1 Å². The zero-order valence-electron chi connectivity index (χ0n) is 7.38. The van der Waals surface area contributed by atoms with Crippen LogP contribution in [0.3, 0.4) is 0 Å². The molecule has 0 aliphatic rings.